The van der Waals surface area contributed by atoms with Gasteiger partial charge in [0.25, 0.3) is 10.0 Å². The fraction of sp³-hybridized carbons (Fsp3) is 0.278. The van der Waals surface area contributed by atoms with E-state index >= 15 is 0 Å². The molecule has 248 valence electrons. The van der Waals surface area contributed by atoms with Crippen LogP contribution in [0.4, 0.5) is 10.1 Å². The zero-order valence-electron chi connectivity index (χ0n) is 26.6. The maximum atomic E-state index is 14.5. The van der Waals surface area contributed by atoms with Crippen LogP contribution in [0.1, 0.15) is 38.3 Å². The minimum absolute atomic E-state index is 0.0469. The number of anilines is 1. The molecule has 0 saturated carbocycles. The van der Waals surface area contributed by atoms with Crippen molar-refractivity contribution in [3.63, 3.8) is 0 Å². The molecular weight excluding hydrogens is 685 g/mol. The third kappa shape index (κ3) is 9.65. The second-order valence-electron chi connectivity index (χ2n) is 11.1. The zero-order chi connectivity index (χ0) is 34.0. The quantitative estimate of drug-likeness (QED) is 0.147. The topological polar surface area (TPSA) is 96.0 Å². The number of nitrogens with one attached hydrogen (secondary N) is 1. The molecule has 1 N–H and O–H groups in total. The van der Waals surface area contributed by atoms with Crippen molar-refractivity contribution in [2.45, 2.75) is 57.1 Å². The summed E-state index contributed by atoms with van der Waals surface area (Å²) >= 11 is 3.44. The van der Waals surface area contributed by atoms with Crippen LogP contribution in [0.3, 0.4) is 0 Å². The number of halogens is 2. The van der Waals surface area contributed by atoms with Gasteiger partial charge in [0.05, 0.1) is 17.2 Å². The Morgan fingerprint density at radius 1 is 0.872 bits per heavy atom. The summed E-state index contributed by atoms with van der Waals surface area (Å²) in [6.45, 7) is 5.53. The molecular formula is C36H39BrFN3O5S. The van der Waals surface area contributed by atoms with Crippen molar-refractivity contribution in [1.82, 2.24) is 10.2 Å². The Labute approximate surface area is 284 Å². The van der Waals surface area contributed by atoms with Crippen LogP contribution in [-0.2, 0) is 32.6 Å². The zero-order valence-corrected chi connectivity index (χ0v) is 29.0. The van der Waals surface area contributed by atoms with Gasteiger partial charge in [0.2, 0.25) is 11.8 Å². The van der Waals surface area contributed by atoms with Crippen LogP contribution in [-0.4, -0.2) is 50.4 Å². The summed E-state index contributed by atoms with van der Waals surface area (Å²) in [6, 6.07) is 26.4. The Morgan fingerprint density at radius 3 is 2.11 bits per heavy atom. The molecule has 4 aromatic rings. The van der Waals surface area contributed by atoms with E-state index in [9.17, 15) is 22.4 Å². The lowest BCUT2D eigenvalue weighted by Crippen LogP contribution is -2.54. The van der Waals surface area contributed by atoms with E-state index in [2.05, 4.69) is 21.2 Å². The molecule has 4 rings (SSSR count). The average molecular weight is 725 g/mol. The molecule has 0 heterocycles. The molecule has 0 fully saturated rings. The smallest absolute Gasteiger partial charge is 0.264 e. The maximum absolute atomic E-state index is 14.5. The Balaban J connectivity index is 1.80. The van der Waals surface area contributed by atoms with Gasteiger partial charge < -0.3 is 15.0 Å². The van der Waals surface area contributed by atoms with Gasteiger partial charge in [0, 0.05) is 23.5 Å². The van der Waals surface area contributed by atoms with Crippen LogP contribution in [0.5, 0.6) is 5.75 Å². The van der Waals surface area contributed by atoms with Gasteiger partial charge in [-0.1, -0.05) is 65.3 Å². The second kappa shape index (κ2) is 16.6. The largest absolute Gasteiger partial charge is 0.494 e. The van der Waals surface area contributed by atoms with Crippen molar-refractivity contribution >= 4 is 43.5 Å². The number of carbonyl (C=O) groups excluding carboxylic acids is 2. The van der Waals surface area contributed by atoms with Gasteiger partial charge in [-0.3, -0.25) is 13.9 Å². The van der Waals surface area contributed by atoms with E-state index < -0.39 is 34.3 Å². The number of hydrogen-bond acceptors (Lipinski definition) is 5. The average Bonchev–Trinajstić information content (AvgIpc) is 3.07. The van der Waals surface area contributed by atoms with Crippen molar-refractivity contribution in [2.75, 3.05) is 17.5 Å². The van der Waals surface area contributed by atoms with Gasteiger partial charge in [-0.15, -0.1) is 0 Å². The fourth-order valence-electron chi connectivity index (χ4n) is 4.92. The van der Waals surface area contributed by atoms with Gasteiger partial charge >= 0.3 is 0 Å². The molecule has 2 unspecified atom stereocenters. The molecule has 2 atom stereocenters. The van der Waals surface area contributed by atoms with Gasteiger partial charge in [0.1, 0.15) is 24.2 Å². The molecule has 0 spiro atoms. The Hall–Kier alpha value is -4.22. The molecule has 0 aliphatic rings. The summed E-state index contributed by atoms with van der Waals surface area (Å²) < 4.78 is 49.4. The van der Waals surface area contributed by atoms with Crippen LogP contribution in [0.15, 0.2) is 112 Å². The van der Waals surface area contributed by atoms with Crippen molar-refractivity contribution in [1.29, 1.82) is 0 Å². The normalized spacial score (nSPS) is 12.5. The van der Waals surface area contributed by atoms with E-state index in [1.54, 1.807) is 24.3 Å². The number of hydrogen-bond donors (Lipinski definition) is 1. The lowest BCUT2D eigenvalue weighted by atomic mass is 10.0. The van der Waals surface area contributed by atoms with Crippen LogP contribution >= 0.6 is 15.9 Å². The highest BCUT2D eigenvalue weighted by Crippen LogP contribution is 2.27. The van der Waals surface area contributed by atoms with E-state index in [4.69, 9.17) is 4.74 Å². The summed E-state index contributed by atoms with van der Waals surface area (Å²) in [5.74, 6) is -0.997. The second-order valence-corrected chi connectivity index (χ2v) is 13.8. The van der Waals surface area contributed by atoms with Crippen molar-refractivity contribution < 1.29 is 27.1 Å². The summed E-state index contributed by atoms with van der Waals surface area (Å²) in [7, 11) is -4.36. The molecule has 11 heteroatoms. The number of carbonyl (C=O) groups is 2. The number of benzene rings is 4. The molecule has 2 amide bonds. The molecule has 47 heavy (non-hydrogen) atoms. The van der Waals surface area contributed by atoms with Crippen molar-refractivity contribution in [2.24, 2.45) is 0 Å². The Kier molecular flexibility index (Phi) is 12.6. The Morgan fingerprint density at radius 2 is 1.51 bits per heavy atom. The molecule has 0 radical (unpaired) electrons. The third-order valence-corrected chi connectivity index (χ3v) is 9.97. The molecule has 8 nitrogen and oxygen atoms in total. The fourth-order valence-corrected chi connectivity index (χ4v) is 6.60. The predicted octanol–water partition coefficient (Wildman–Crippen LogP) is 6.74. The summed E-state index contributed by atoms with van der Waals surface area (Å²) in [5.41, 5.74) is 1.80. The minimum Gasteiger partial charge on any atom is -0.494 e. The molecule has 0 aliphatic carbocycles. The Bertz CT molecular complexity index is 1720. The SMILES string of the molecule is CCOc1ccc(N(CC(=O)N(Cc2ccc(Br)cc2)C(Cc2ccccc2)C(=O)NC(C)CC)S(=O)(=O)c2ccc(F)cc2)cc1. The van der Waals surface area contributed by atoms with Crippen molar-refractivity contribution in [3.05, 3.63) is 125 Å². The van der Waals surface area contributed by atoms with Crippen molar-refractivity contribution in [3.8, 4) is 5.75 Å². The number of amides is 2. The standard InChI is InChI=1S/C36H39BrFN3O5S/c1-4-26(3)39-36(43)34(23-27-9-7-6-8-10-27)40(24-28-11-13-29(37)14-12-28)35(42)25-41(31-17-19-32(20-18-31)46-5-2)47(44,45)33-21-15-30(38)16-22-33/h6-22,26,34H,4-5,23-25H2,1-3H3,(H,39,43). The molecule has 4 aromatic carbocycles. The van der Waals surface area contributed by atoms with E-state index in [0.717, 1.165) is 44.2 Å². The maximum Gasteiger partial charge on any atom is 0.264 e. The highest BCUT2D eigenvalue weighted by atomic mass is 79.9. The predicted molar refractivity (Wildman–Crippen MR) is 185 cm³/mol. The highest BCUT2D eigenvalue weighted by molar-refractivity contribution is 9.10. The van der Waals surface area contributed by atoms with Crippen LogP contribution in [0, 0.1) is 5.82 Å². The molecule has 0 bridgehead atoms. The van der Waals surface area contributed by atoms with Gasteiger partial charge in [-0.25, -0.2) is 12.8 Å². The van der Waals surface area contributed by atoms with E-state index in [1.165, 1.54) is 4.90 Å². The number of nitrogens with zero attached hydrogens (tertiary/aromatic N) is 2. The summed E-state index contributed by atoms with van der Waals surface area (Å²) in [4.78, 5) is 29.7. The lowest BCUT2D eigenvalue weighted by molar-refractivity contribution is -0.140. The number of rotatable bonds is 15. The molecule has 0 aromatic heterocycles. The monoisotopic (exact) mass is 723 g/mol. The van der Waals surface area contributed by atoms with Crippen LogP contribution < -0.4 is 14.4 Å². The van der Waals surface area contributed by atoms with E-state index in [1.807, 2.05) is 75.4 Å². The minimum atomic E-state index is -4.36. The van der Waals surface area contributed by atoms with Gasteiger partial charge in [-0.2, -0.15) is 0 Å². The molecule has 0 saturated heterocycles. The highest BCUT2D eigenvalue weighted by Gasteiger charge is 2.35. The van der Waals surface area contributed by atoms with Gasteiger partial charge in [0.15, 0.2) is 0 Å². The number of ether oxygens (including phenoxy) is 1. The summed E-state index contributed by atoms with van der Waals surface area (Å²) in [6.07, 6.45) is 0.894. The van der Waals surface area contributed by atoms with Crippen LogP contribution in [0.2, 0.25) is 0 Å². The van der Waals surface area contributed by atoms with Gasteiger partial charge in [-0.05, 0) is 92.1 Å². The lowest BCUT2D eigenvalue weighted by Gasteiger charge is -2.34. The van der Waals surface area contributed by atoms with Crippen LogP contribution in [0.25, 0.3) is 0 Å². The first kappa shape index (κ1) is 35.6. The third-order valence-electron chi connectivity index (χ3n) is 7.65. The van der Waals surface area contributed by atoms with E-state index in [-0.39, 0.29) is 35.5 Å². The first-order valence-corrected chi connectivity index (χ1v) is 17.6. The summed E-state index contributed by atoms with van der Waals surface area (Å²) in [5, 5.41) is 3.02. The number of sulfonamides is 1. The molecule has 0 aliphatic heterocycles. The van der Waals surface area contributed by atoms with E-state index in [0.29, 0.717) is 18.8 Å². The first-order chi connectivity index (χ1) is 22.5. The first-order valence-electron chi connectivity index (χ1n) is 15.4.